The number of ether oxygens (including phenoxy) is 1. The number of carbonyl (C=O) groups is 2. The summed E-state index contributed by atoms with van der Waals surface area (Å²) >= 11 is 6.11. The fraction of sp³-hybridized carbons (Fsp3) is 0.238. The van der Waals surface area contributed by atoms with Crippen LogP contribution in [-0.2, 0) is 0 Å². The molecular weight excluding hydrogens is 366 g/mol. The van der Waals surface area contributed by atoms with Crippen LogP contribution in [-0.4, -0.2) is 17.3 Å². The molecule has 2 aromatic carbocycles. The Morgan fingerprint density at radius 2 is 1.93 bits per heavy atom. The second kappa shape index (κ2) is 6.13. The number of nitrogens with one attached hydrogen (secondary N) is 1. The maximum absolute atomic E-state index is 12.7. The van der Waals surface area contributed by atoms with Crippen molar-refractivity contribution < 1.29 is 18.7 Å². The highest BCUT2D eigenvalue weighted by Crippen LogP contribution is 2.40. The third-order valence-electron chi connectivity index (χ3n) is 4.64. The van der Waals surface area contributed by atoms with Gasteiger partial charge in [-0.25, -0.2) is 0 Å². The molecule has 0 spiro atoms. The van der Waals surface area contributed by atoms with Crippen LogP contribution in [0.2, 0.25) is 5.02 Å². The Balaban J connectivity index is 1.79. The number of aryl methyl sites for hydroxylation is 1. The molecule has 0 saturated heterocycles. The summed E-state index contributed by atoms with van der Waals surface area (Å²) in [7, 11) is 0. The van der Waals surface area contributed by atoms with Crippen molar-refractivity contribution in [3.63, 3.8) is 0 Å². The van der Waals surface area contributed by atoms with Crippen LogP contribution >= 0.6 is 11.6 Å². The quantitative estimate of drug-likeness (QED) is 0.644. The molecule has 6 heteroatoms. The van der Waals surface area contributed by atoms with E-state index in [1.807, 2.05) is 13.8 Å². The molecule has 1 aliphatic heterocycles. The van der Waals surface area contributed by atoms with Gasteiger partial charge in [0.2, 0.25) is 0 Å². The molecule has 0 fully saturated rings. The van der Waals surface area contributed by atoms with Crippen LogP contribution in [0.1, 0.15) is 46.7 Å². The lowest BCUT2D eigenvalue weighted by molar-refractivity contribution is 0.0623. The normalized spacial score (nSPS) is 15.3. The zero-order valence-corrected chi connectivity index (χ0v) is 15.9. The van der Waals surface area contributed by atoms with Crippen molar-refractivity contribution in [1.29, 1.82) is 0 Å². The van der Waals surface area contributed by atoms with Crippen molar-refractivity contribution in [2.75, 3.05) is 5.32 Å². The number of carbonyl (C=O) groups excluding carboxylic acids is 2. The standard InChI is InChI=1S/C21H18ClNO4/c1-11-17-15(8-9-16-18(17)14(24)10-21(2,3)27-16)26-19(11)20(25)23-13-7-5-4-6-12(13)22/h4-9H,10H2,1-3H3,(H,23,25). The van der Waals surface area contributed by atoms with E-state index in [2.05, 4.69) is 5.32 Å². The van der Waals surface area contributed by atoms with Crippen molar-refractivity contribution in [3.8, 4) is 5.75 Å². The predicted molar refractivity (Wildman–Crippen MR) is 104 cm³/mol. The van der Waals surface area contributed by atoms with E-state index in [9.17, 15) is 9.59 Å². The Hall–Kier alpha value is -2.79. The SMILES string of the molecule is Cc1c(C(=O)Nc2ccccc2Cl)oc2ccc3c(c12)C(=O)CC(C)(C)O3. The number of anilines is 1. The third kappa shape index (κ3) is 2.98. The maximum Gasteiger partial charge on any atom is 0.291 e. The summed E-state index contributed by atoms with van der Waals surface area (Å²) in [6.07, 6.45) is 0.269. The molecule has 1 N–H and O–H groups in total. The van der Waals surface area contributed by atoms with Crippen molar-refractivity contribution >= 4 is 39.9 Å². The highest BCUT2D eigenvalue weighted by molar-refractivity contribution is 6.34. The van der Waals surface area contributed by atoms with Crippen molar-refractivity contribution in [1.82, 2.24) is 0 Å². The largest absolute Gasteiger partial charge is 0.487 e. The van der Waals surface area contributed by atoms with Gasteiger partial charge in [-0.2, -0.15) is 0 Å². The zero-order chi connectivity index (χ0) is 19.3. The van der Waals surface area contributed by atoms with Crippen molar-refractivity contribution in [3.05, 3.63) is 58.3 Å². The Kier molecular flexibility index (Phi) is 4.00. The van der Waals surface area contributed by atoms with Gasteiger partial charge in [-0.1, -0.05) is 23.7 Å². The minimum Gasteiger partial charge on any atom is -0.487 e. The molecule has 4 rings (SSSR count). The van der Waals surface area contributed by atoms with Gasteiger partial charge < -0.3 is 14.5 Å². The van der Waals surface area contributed by atoms with E-state index < -0.39 is 11.5 Å². The molecule has 1 aliphatic rings. The molecular formula is C21H18ClNO4. The van der Waals surface area contributed by atoms with E-state index in [-0.39, 0.29) is 18.0 Å². The fourth-order valence-corrected chi connectivity index (χ4v) is 3.63. The summed E-state index contributed by atoms with van der Waals surface area (Å²) in [6.45, 7) is 5.52. The van der Waals surface area contributed by atoms with Gasteiger partial charge in [0.1, 0.15) is 16.9 Å². The number of halogens is 1. The second-order valence-electron chi connectivity index (χ2n) is 7.26. The van der Waals surface area contributed by atoms with Gasteiger partial charge in [0.25, 0.3) is 5.91 Å². The summed E-state index contributed by atoms with van der Waals surface area (Å²) in [5.74, 6) is 0.227. The van der Waals surface area contributed by atoms with Crippen LogP contribution in [0, 0.1) is 6.92 Å². The lowest BCUT2D eigenvalue weighted by Crippen LogP contribution is -2.35. The average Bonchev–Trinajstić information content (AvgIpc) is 2.92. The van der Waals surface area contributed by atoms with E-state index in [0.717, 1.165) is 0 Å². The van der Waals surface area contributed by atoms with Crippen LogP contribution in [0.25, 0.3) is 11.0 Å². The van der Waals surface area contributed by atoms with E-state index >= 15 is 0 Å². The Morgan fingerprint density at radius 3 is 2.67 bits per heavy atom. The predicted octanol–water partition coefficient (Wildman–Crippen LogP) is 5.39. The monoisotopic (exact) mass is 383 g/mol. The summed E-state index contributed by atoms with van der Waals surface area (Å²) in [6, 6.07) is 10.4. The minimum absolute atomic E-state index is 0.0196. The highest BCUT2D eigenvalue weighted by atomic mass is 35.5. The van der Waals surface area contributed by atoms with Gasteiger partial charge in [0.15, 0.2) is 11.5 Å². The van der Waals surface area contributed by atoms with Gasteiger partial charge in [-0.3, -0.25) is 9.59 Å². The zero-order valence-electron chi connectivity index (χ0n) is 15.2. The van der Waals surface area contributed by atoms with E-state index in [1.165, 1.54) is 0 Å². The number of Topliss-reactive ketones (excluding diaryl/α,β-unsaturated/α-hetero) is 1. The molecule has 138 valence electrons. The van der Waals surface area contributed by atoms with Crippen LogP contribution < -0.4 is 10.1 Å². The number of amides is 1. The molecule has 0 bridgehead atoms. The Bertz CT molecular complexity index is 1100. The third-order valence-corrected chi connectivity index (χ3v) is 4.97. The molecule has 0 saturated carbocycles. The van der Waals surface area contributed by atoms with Crippen LogP contribution in [0.4, 0.5) is 5.69 Å². The topological polar surface area (TPSA) is 68.5 Å². The fourth-order valence-electron chi connectivity index (χ4n) is 3.45. The molecule has 3 aromatic rings. The molecule has 27 heavy (non-hydrogen) atoms. The van der Waals surface area contributed by atoms with Gasteiger partial charge in [-0.15, -0.1) is 0 Å². The van der Waals surface area contributed by atoms with Gasteiger partial charge in [0.05, 0.1) is 22.7 Å². The first-order chi connectivity index (χ1) is 12.8. The maximum atomic E-state index is 12.7. The lowest BCUT2D eigenvalue weighted by atomic mass is 9.90. The smallest absolute Gasteiger partial charge is 0.291 e. The molecule has 1 aromatic heterocycles. The number of hydrogen-bond donors (Lipinski definition) is 1. The average molecular weight is 384 g/mol. The summed E-state index contributed by atoms with van der Waals surface area (Å²) in [4.78, 5) is 25.5. The molecule has 0 aliphatic carbocycles. The minimum atomic E-state index is -0.556. The van der Waals surface area contributed by atoms with E-state index in [0.29, 0.717) is 38.6 Å². The second-order valence-corrected chi connectivity index (χ2v) is 7.67. The first-order valence-corrected chi connectivity index (χ1v) is 8.99. The van der Waals surface area contributed by atoms with E-state index in [1.54, 1.807) is 43.3 Å². The number of benzene rings is 2. The first kappa shape index (κ1) is 17.6. The Morgan fingerprint density at radius 1 is 1.19 bits per heavy atom. The molecule has 1 amide bonds. The molecule has 2 heterocycles. The summed E-state index contributed by atoms with van der Waals surface area (Å²) < 4.78 is 11.7. The van der Waals surface area contributed by atoms with Crippen LogP contribution in [0.3, 0.4) is 0 Å². The summed E-state index contributed by atoms with van der Waals surface area (Å²) in [5, 5.41) is 3.81. The van der Waals surface area contributed by atoms with Gasteiger partial charge >= 0.3 is 0 Å². The highest BCUT2D eigenvalue weighted by Gasteiger charge is 2.35. The van der Waals surface area contributed by atoms with Crippen molar-refractivity contribution in [2.45, 2.75) is 32.8 Å². The Labute approximate surface area is 161 Å². The molecule has 5 nitrogen and oxygen atoms in total. The summed E-state index contributed by atoms with van der Waals surface area (Å²) in [5.41, 5.74) is 1.49. The number of rotatable bonds is 2. The molecule has 0 unspecified atom stereocenters. The number of ketones is 1. The van der Waals surface area contributed by atoms with Gasteiger partial charge in [0, 0.05) is 10.9 Å². The first-order valence-electron chi connectivity index (χ1n) is 8.61. The van der Waals surface area contributed by atoms with Crippen LogP contribution in [0.15, 0.2) is 40.8 Å². The van der Waals surface area contributed by atoms with E-state index in [4.69, 9.17) is 20.8 Å². The lowest BCUT2D eigenvalue weighted by Gasteiger charge is -2.31. The number of fused-ring (bicyclic) bond motifs is 3. The molecule has 0 radical (unpaired) electrons. The number of hydrogen-bond acceptors (Lipinski definition) is 4. The molecule has 0 atom stereocenters. The number of furan rings is 1. The van der Waals surface area contributed by atoms with Gasteiger partial charge in [-0.05, 0) is 45.0 Å². The van der Waals surface area contributed by atoms with Crippen LogP contribution in [0.5, 0.6) is 5.75 Å². The number of para-hydroxylation sites is 1. The van der Waals surface area contributed by atoms with Crippen molar-refractivity contribution in [2.24, 2.45) is 0 Å².